The van der Waals surface area contributed by atoms with Gasteiger partial charge in [-0.15, -0.1) is 0 Å². The molecule has 0 N–H and O–H groups in total. The zero-order valence-electron chi connectivity index (χ0n) is 12.9. The molecule has 1 spiro atoms. The second-order valence-electron chi connectivity index (χ2n) is 7.88. The molecule has 1 saturated carbocycles. The van der Waals surface area contributed by atoms with Crippen LogP contribution in [0.25, 0.3) is 0 Å². The lowest BCUT2D eigenvalue weighted by Gasteiger charge is -2.41. The Labute approximate surface area is 123 Å². The van der Waals surface area contributed by atoms with Crippen molar-refractivity contribution in [3.8, 4) is 0 Å². The van der Waals surface area contributed by atoms with Crippen LogP contribution < -0.4 is 0 Å². The number of allylic oxidation sites excluding steroid dienone is 2. The molecule has 0 aromatic heterocycles. The minimum absolute atomic E-state index is 0.628. The third-order valence-corrected chi connectivity index (χ3v) is 6.04. The fourth-order valence-electron chi connectivity index (χ4n) is 5.19. The van der Waals surface area contributed by atoms with E-state index >= 15 is 0 Å². The topological polar surface area (TPSA) is 0 Å². The Morgan fingerprint density at radius 3 is 2.85 bits per heavy atom. The van der Waals surface area contributed by atoms with Crippen molar-refractivity contribution >= 4 is 0 Å². The zero-order valence-corrected chi connectivity index (χ0v) is 12.9. The SMILES string of the molecule is CC(C)Cc1cccc2c1CCC1(C2)CC2C=CC1C2. The highest BCUT2D eigenvalue weighted by atomic mass is 14.5. The zero-order chi connectivity index (χ0) is 13.7. The monoisotopic (exact) mass is 266 g/mol. The predicted molar refractivity (Wildman–Crippen MR) is 84.8 cm³/mol. The number of fused-ring (bicyclic) bond motifs is 4. The van der Waals surface area contributed by atoms with Gasteiger partial charge in [-0.25, -0.2) is 0 Å². The summed E-state index contributed by atoms with van der Waals surface area (Å²) >= 11 is 0. The summed E-state index contributed by atoms with van der Waals surface area (Å²) < 4.78 is 0. The van der Waals surface area contributed by atoms with E-state index < -0.39 is 0 Å². The van der Waals surface area contributed by atoms with Crippen LogP contribution in [0.2, 0.25) is 0 Å². The van der Waals surface area contributed by atoms with E-state index in [9.17, 15) is 0 Å². The maximum Gasteiger partial charge on any atom is -0.0168 e. The van der Waals surface area contributed by atoms with Gasteiger partial charge in [0.1, 0.15) is 0 Å². The summed E-state index contributed by atoms with van der Waals surface area (Å²) in [6.45, 7) is 4.68. The van der Waals surface area contributed by atoms with Crippen molar-refractivity contribution in [1.82, 2.24) is 0 Å². The summed E-state index contributed by atoms with van der Waals surface area (Å²) in [5.41, 5.74) is 5.64. The molecule has 2 bridgehead atoms. The molecule has 0 radical (unpaired) electrons. The number of rotatable bonds is 2. The van der Waals surface area contributed by atoms with Gasteiger partial charge in [0.2, 0.25) is 0 Å². The lowest BCUT2D eigenvalue weighted by Crippen LogP contribution is -2.33. The maximum absolute atomic E-state index is 2.54. The molecule has 106 valence electrons. The number of hydrogen-bond acceptors (Lipinski definition) is 0. The quantitative estimate of drug-likeness (QED) is 0.664. The Kier molecular flexibility index (Phi) is 2.84. The van der Waals surface area contributed by atoms with E-state index in [1.54, 1.807) is 16.7 Å². The molecular formula is C20H26. The van der Waals surface area contributed by atoms with Gasteiger partial charge in [-0.2, -0.15) is 0 Å². The highest BCUT2D eigenvalue weighted by Gasteiger charge is 2.49. The van der Waals surface area contributed by atoms with Gasteiger partial charge in [0.15, 0.2) is 0 Å². The van der Waals surface area contributed by atoms with Crippen molar-refractivity contribution in [2.45, 2.75) is 52.4 Å². The van der Waals surface area contributed by atoms with Crippen molar-refractivity contribution in [1.29, 1.82) is 0 Å². The number of hydrogen-bond donors (Lipinski definition) is 0. The molecule has 0 heterocycles. The molecule has 3 aliphatic carbocycles. The Morgan fingerprint density at radius 2 is 2.15 bits per heavy atom. The molecule has 0 amide bonds. The molecule has 3 unspecified atom stereocenters. The van der Waals surface area contributed by atoms with Crippen LogP contribution in [0.15, 0.2) is 30.4 Å². The average molecular weight is 266 g/mol. The van der Waals surface area contributed by atoms with Gasteiger partial charge < -0.3 is 0 Å². The van der Waals surface area contributed by atoms with Crippen LogP contribution in [-0.2, 0) is 19.3 Å². The van der Waals surface area contributed by atoms with Crippen molar-refractivity contribution < 1.29 is 0 Å². The minimum Gasteiger partial charge on any atom is -0.0851 e. The fourth-order valence-corrected chi connectivity index (χ4v) is 5.19. The van der Waals surface area contributed by atoms with Crippen LogP contribution in [0.4, 0.5) is 0 Å². The lowest BCUT2D eigenvalue weighted by atomic mass is 9.64. The summed E-state index contributed by atoms with van der Waals surface area (Å²) in [6.07, 6.45) is 13.3. The van der Waals surface area contributed by atoms with E-state index in [0.717, 1.165) is 17.8 Å². The Balaban J connectivity index is 1.66. The molecule has 4 rings (SSSR count). The van der Waals surface area contributed by atoms with Gasteiger partial charge in [-0.3, -0.25) is 0 Å². The fraction of sp³-hybridized carbons (Fsp3) is 0.600. The minimum atomic E-state index is 0.628. The average Bonchev–Trinajstić information content (AvgIpc) is 2.98. The highest BCUT2D eigenvalue weighted by molar-refractivity contribution is 5.39. The van der Waals surface area contributed by atoms with E-state index in [0.29, 0.717) is 5.41 Å². The maximum atomic E-state index is 2.54. The Bertz CT molecular complexity index is 551. The van der Waals surface area contributed by atoms with Crippen molar-refractivity contribution in [3.05, 3.63) is 47.0 Å². The molecule has 1 aromatic rings. The van der Waals surface area contributed by atoms with Crippen LogP contribution >= 0.6 is 0 Å². The van der Waals surface area contributed by atoms with E-state index in [-0.39, 0.29) is 0 Å². The van der Waals surface area contributed by atoms with E-state index in [1.807, 2.05) is 0 Å². The first-order chi connectivity index (χ1) is 9.66. The van der Waals surface area contributed by atoms with Crippen LogP contribution in [0.3, 0.4) is 0 Å². The van der Waals surface area contributed by atoms with Crippen LogP contribution in [-0.4, -0.2) is 0 Å². The van der Waals surface area contributed by atoms with Gasteiger partial charge in [0, 0.05) is 0 Å². The normalized spacial score (nSPS) is 34.1. The second kappa shape index (κ2) is 4.48. The van der Waals surface area contributed by atoms with Crippen molar-refractivity contribution in [3.63, 3.8) is 0 Å². The molecular weight excluding hydrogens is 240 g/mol. The Morgan fingerprint density at radius 1 is 1.25 bits per heavy atom. The molecule has 3 aliphatic rings. The van der Waals surface area contributed by atoms with Gasteiger partial charge in [0.05, 0.1) is 0 Å². The van der Waals surface area contributed by atoms with E-state index in [4.69, 9.17) is 0 Å². The van der Waals surface area contributed by atoms with Crippen LogP contribution in [0, 0.1) is 23.2 Å². The molecule has 0 aliphatic heterocycles. The largest absolute Gasteiger partial charge is 0.0851 e. The van der Waals surface area contributed by atoms with Gasteiger partial charge in [-0.05, 0) is 78.4 Å². The molecule has 1 fully saturated rings. The van der Waals surface area contributed by atoms with Gasteiger partial charge in [-0.1, -0.05) is 44.2 Å². The highest BCUT2D eigenvalue weighted by Crippen LogP contribution is 2.57. The van der Waals surface area contributed by atoms with E-state index in [1.165, 1.54) is 38.5 Å². The molecule has 3 atom stereocenters. The predicted octanol–water partition coefficient (Wildman–Crippen LogP) is 4.96. The van der Waals surface area contributed by atoms with E-state index in [2.05, 4.69) is 44.2 Å². The summed E-state index contributed by atoms with van der Waals surface area (Å²) in [5, 5.41) is 0. The third kappa shape index (κ3) is 1.88. The summed E-state index contributed by atoms with van der Waals surface area (Å²) in [4.78, 5) is 0. The van der Waals surface area contributed by atoms with Crippen LogP contribution in [0.5, 0.6) is 0 Å². The first-order valence-electron chi connectivity index (χ1n) is 8.44. The van der Waals surface area contributed by atoms with Gasteiger partial charge in [0.25, 0.3) is 0 Å². The smallest absolute Gasteiger partial charge is 0.0168 e. The van der Waals surface area contributed by atoms with Gasteiger partial charge >= 0.3 is 0 Å². The van der Waals surface area contributed by atoms with Crippen molar-refractivity contribution in [2.75, 3.05) is 0 Å². The first kappa shape index (κ1) is 12.7. The second-order valence-corrected chi connectivity index (χ2v) is 7.88. The summed E-state index contributed by atoms with van der Waals surface area (Å²) in [7, 11) is 0. The summed E-state index contributed by atoms with van der Waals surface area (Å²) in [5.74, 6) is 2.55. The molecule has 0 heteroatoms. The van der Waals surface area contributed by atoms with Crippen molar-refractivity contribution in [2.24, 2.45) is 23.2 Å². The third-order valence-electron chi connectivity index (χ3n) is 6.04. The summed E-state index contributed by atoms with van der Waals surface area (Å²) in [6, 6.07) is 7.09. The number of benzene rings is 1. The molecule has 0 saturated heterocycles. The molecule has 20 heavy (non-hydrogen) atoms. The Hall–Kier alpha value is -1.04. The lowest BCUT2D eigenvalue weighted by molar-refractivity contribution is 0.194. The molecule has 1 aromatic carbocycles. The first-order valence-corrected chi connectivity index (χ1v) is 8.44. The molecule has 0 nitrogen and oxygen atoms in total. The standard InChI is InChI=1S/C20H26/c1-14(2)10-16-4-3-5-17-13-20(9-8-19(16)17)12-15-6-7-18(20)11-15/h3-7,14-15,18H,8-13H2,1-2H3. The van der Waals surface area contributed by atoms with Crippen LogP contribution in [0.1, 0.15) is 49.8 Å².